The van der Waals surface area contributed by atoms with Crippen molar-refractivity contribution in [3.63, 3.8) is 0 Å². The molecule has 0 radical (unpaired) electrons. The molecular weight excluding hydrogens is 414 g/mol. The Kier molecular flexibility index (Phi) is 7.26. The molecule has 2 aromatic rings. The van der Waals surface area contributed by atoms with E-state index in [1.54, 1.807) is 26.4 Å². The molecule has 6 nitrogen and oxygen atoms in total. The summed E-state index contributed by atoms with van der Waals surface area (Å²) in [5.74, 6) is 2.05. The molecular formula is C24H31NO5S. The van der Waals surface area contributed by atoms with E-state index in [2.05, 4.69) is 0 Å². The van der Waals surface area contributed by atoms with E-state index in [-0.39, 0.29) is 10.8 Å². The Hall–Kier alpha value is -2.54. The lowest BCUT2D eigenvalue weighted by molar-refractivity contribution is 0.0686. The van der Waals surface area contributed by atoms with Crippen LogP contribution in [0.5, 0.6) is 11.5 Å². The van der Waals surface area contributed by atoms with Crippen molar-refractivity contribution in [3.8, 4) is 11.5 Å². The maximum Gasteiger partial charge on any atom is 0.254 e. The van der Waals surface area contributed by atoms with Crippen LogP contribution >= 0.6 is 0 Å². The molecule has 1 amide bonds. The number of methoxy groups -OCH3 is 2. The van der Waals surface area contributed by atoms with E-state index in [0.717, 1.165) is 49.0 Å². The minimum absolute atomic E-state index is 0.0843. The van der Waals surface area contributed by atoms with Crippen molar-refractivity contribution in [1.29, 1.82) is 0 Å². The van der Waals surface area contributed by atoms with E-state index in [9.17, 15) is 13.2 Å². The van der Waals surface area contributed by atoms with Crippen molar-refractivity contribution in [2.45, 2.75) is 37.5 Å². The molecule has 2 aromatic carbocycles. The lowest BCUT2D eigenvalue weighted by Gasteiger charge is -2.32. The van der Waals surface area contributed by atoms with Gasteiger partial charge in [0.1, 0.15) is 11.5 Å². The van der Waals surface area contributed by atoms with Crippen molar-refractivity contribution in [1.82, 2.24) is 4.90 Å². The maximum atomic E-state index is 13.0. The lowest BCUT2D eigenvalue weighted by Crippen LogP contribution is -2.39. The first-order valence-electron chi connectivity index (χ1n) is 10.5. The molecule has 0 saturated carbocycles. The predicted molar refractivity (Wildman–Crippen MR) is 121 cm³/mol. The molecule has 1 heterocycles. The molecule has 1 fully saturated rings. The van der Waals surface area contributed by atoms with Gasteiger partial charge in [-0.05, 0) is 73.9 Å². The van der Waals surface area contributed by atoms with Gasteiger partial charge in [0, 0.05) is 31.0 Å². The van der Waals surface area contributed by atoms with Gasteiger partial charge in [-0.2, -0.15) is 0 Å². The Balaban J connectivity index is 1.59. The van der Waals surface area contributed by atoms with E-state index in [1.165, 1.54) is 11.6 Å². The SMILES string of the molecule is COc1cc(CCC2CCN(C(=O)c3cc(S(C)(=O)=O)ccc3C)CC2)cc(OC)c1. The zero-order chi connectivity index (χ0) is 22.6. The smallest absolute Gasteiger partial charge is 0.254 e. The molecule has 31 heavy (non-hydrogen) atoms. The summed E-state index contributed by atoms with van der Waals surface area (Å²) < 4.78 is 34.4. The van der Waals surface area contributed by atoms with Crippen LogP contribution in [0.25, 0.3) is 0 Å². The average molecular weight is 446 g/mol. The third-order valence-corrected chi connectivity index (χ3v) is 7.13. The largest absolute Gasteiger partial charge is 0.497 e. The summed E-state index contributed by atoms with van der Waals surface area (Å²) in [7, 11) is -0.0448. The molecule has 0 aromatic heterocycles. The summed E-state index contributed by atoms with van der Waals surface area (Å²) in [4.78, 5) is 15.1. The van der Waals surface area contributed by atoms with Gasteiger partial charge in [0.2, 0.25) is 0 Å². The standard InChI is InChI=1S/C24H31NO5S/c1-17-5-8-22(31(4,27)28)16-23(17)24(26)25-11-9-18(10-12-25)6-7-19-13-20(29-2)15-21(14-19)30-3/h5,8,13-16,18H,6-7,9-12H2,1-4H3. The molecule has 168 valence electrons. The van der Waals surface area contributed by atoms with Crippen LogP contribution in [0.15, 0.2) is 41.3 Å². The fourth-order valence-electron chi connectivity index (χ4n) is 4.04. The molecule has 0 aliphatic carbocycles. The number of carbonyl (C=O) groups is 1. The number of nitrogens with zero attached hydrogens (tertiary/aromatic N) is 1. The minimum Gasteiger partial charge on any atom is -0.497 e. The maximum absolute atomic E-state index is 13.0. The molecule has 0 atom stereocenters. The number of ether oxygens (including phenoxy) is 2. The fraction of sp³-hybridized carbons (Fsp3) is 0.458. The van der Waals surface area contributed by atoms with E-state index in [0.29, 0.717) is 24.6 Å². The fourth-order valence-corrected chi connectivity index (χ4v) is 4.69. The van der Waals surface area contributed by atoms with Gasteiger partial charge < -0.3 is 14.4 Å². The summed E-state index contributed by atoms with van der Waals surface area (Å²) in [6, 6.07) is 10.7. The van der Waals surface area contributed by atoms with Gasteiger partial charge in [-0.15, -0.1) is 0 Å². The quantitative estimate of drug-likeness (QED) is 0.646. The van der Waals surface area contributed by atoms with Crippen LogP contribution in [-0.4, -0.2) is 52.8 Å². The normalized spacial score (nSPS) is 15.0. The summed E-state index contributed by atoms with van der Waals surface area (Å²) in [5.41, 5.74) is 2.46. The van der Waals surface area contributed by atoms with E-state index in [4.69, 9.17) is 9.47 Å². The van der Waals surface area contributed by atoms with Gasteiger partial charge >= 0.3 is 0 Å². The summed E-state index contributed by atoms with van der Waals surface area (Å²) in [6.07, 6.45) is 5.02. The van der Waals surface area contributed by atoms with Gasteiger partial charge in [0.05, 0.1) is 19.1 Å². The van der Waals surface area contributed by atoms with Crippen molar-refractivity contribution < 1.29 is 22.7 Å². The van der Waals surface area contributed by atoms with E-state index in [1.807, 2.05) is 30.0 Å². The van der Waals surface area contributed by atoms with Crippen LogP contribution in [-0.2, 0) is 16.3 Å². The number of benzene rings is 2. The molecule has 1 aliphatic heterocycles. The molecule has 0 unspecified atom stereocenters. The molecule has 1 aliphatic rings. The first kappa shape index (κ1) is 23.1. The third-order valence-electron chi connectivity index (χ3n) is 6.02. The topological polar surface area (TPSA) is 72.9 Å². The highest BCUT2D eigenvalue weighted by molar-refractivity contribution is 7.90. The van der Waals surface area contributed by atoms with Crippen LogP contribution in [0, 0.1) is 12.8 Å². The summed E-state index contributed by atoms with van der Waals surface area (Å²) in [6.45, 7) is 3.22. The Morgan fingerprint density at radius 3 is 2.19 bits per heavy atom. The van der Waals surface area contributed by atoms with Crippen molar-refractivity contribution >= 4 is 15.7 Å². The van der Waals surface area contributed by atoms with Gasteiger partial charge in [-0.1, -0.05) is 6.07 Å². The Morgan fingerprint density at radius 1 is 1.03 bits per heavy atom. The molecule has 0 spiro atoms. The molecule has 0 bridgehead atoms. The minimum atomic E-state index is -3.35. The second-order valence-electron chi connectivity index (χ2n) is 8.24. The summed E-state index contributed by atoms with van der Waals surface area (Å²) >= 11 is 0. The highest BCUT2D eigenvalue weighted by Gasteiger charge is 2.25. The van der Waals surface area contributed by atoms with Crippen molar-refractivity contribution in [2.75, 3.05) is 33.6 Å². The third kappa shape index (κ3) is 5.79. The number of rotatable bonds is 7. The first-order chi connectivity index (χ1) is 14.7. The highest BCUT2D eigenvalue weighted by Crippen LogP contribution is 2.28. The van der Waals surface area contributed by atoms with Crippen LogP contribution in [0.4, 0.5) is 0 Å². The number of hydrogen-bond donors (Lipinski definition) is 0. The second-order valence-corrected chi connectivity index (χ2v) is 10.3. The van der Waals surface area contributed by atoms with Gasteiger partial charge in [0.25, 0.3) is 5.91 Å². The number of amides is 1. The molecule has 3 rings (SSSR count). The lowest BCUT2D eigenvalue weighted by atomic mass is 9.90. The zero-order valence-corrected chi connectivity index (χ0v) is 19.5. The van der Waals surface area contributed by atoms with Crippen molar-refractivity contribution in [3.05, 3.63) is 53.1 Å². The van der Waals surface area contributed by atoms with Gasteiger partial charge in [-0.25, -0.2) is 8.42 Å². The van der Waals surface area contributed by atoms with E-state index < -0.39 is 9.84 Å². The number of piperidine rings is 1. The highest BCUT2D eigenvalue weighted by atomic mass is 32.2. The Morgan fingerprint density at radius 2 is 1.65 bits per heavy atom. The number of aryl methyl sites for hydroxylation is 2. The van der Waals surface area contributed by atoms with E-state index >= 15 is 0 Å². The predicted octanol–water partition coefficient (Wildman–Crippen LogP) is 3.90. The van der Waals surface area contributed by atoms with Crippen LogP contribution in [0.2, 0.25) is 0 Å². The number of sulfone groups is 1. The van der Waals surface area contributed by atoms with Crippen LogP contribution < -0.4 is 9.47 Å². The van der Waals surface area contributed by atoms with Crippen LogP contribution in [0.3, 0.4) is 0 Å². The molecule has 7 heteroatoms. The van der Waals surface area contributed by atoms with Gasteiger partial charge in [-0.3, -0.25) is 4.79 Å². The van der Waals surface area contributed by atoms with Gasteiger partial charge in [0.15, 0.2) is 9.84 Å². The summed E-state index contributed by atoms with van der Waals surface area (Å²) in [5, 5.41) is 0. The number of likely N-dealkylation sites (tertiary alicyclic amines) is 1. The monoisotopic (exact) mass is 445 g/mol. The average Bonchev–Trinajstić information content (AvgIpc) is 2.76. The number of hydrogen-bond acceptors (Lipinski definition) is 5. The van der Waals surface area contributed by atoms with Crippen LogP contribution in [0.1, 0.15) is 40.7 Å². The first-order valence-corrected chi connectivity index (χ1v) is 12.4. The zero-order valence-electron chi connectivity index (χ0n) is 18.7. The number of carbonyl (C=O) groups excluding carboxylic acids is 1. The molecule has 0 N–H and O–H groups in total. The van der Waals surface area contributed by atoms with Crippen molar-refractivity contribution in [2.24, 2.45) is 5.92 Å². The second kappa shape index (κ2) is 9.73. The Bertz CT molecular complexity index is 1020. The Labute approximate surface area is 185 Å². The molecule has 1 saturated heterocycles.